The van der Waals surface area contributed by atoms with E-state index < -0.39 is 0 Å². The number of amides is 1. The number of hydrogen-bond acceptors (Lipinski definition) is 4. The number of carbonyl (C=O) groups is 1. The quantitative estimate of drug-likeness (QED) is 0.870. The molecule has 0 aliphatic rings. The van der Waals surface area contributed by atoms with Gasteiger partial charge in [0.25, 0.3) is 0 Å². The molecular weight excluding hydrogens is 296 g/mol. The van der Waals surface area contributed by atoms with Gasteiger partial charge in [0.05, 0.1) is 23.5 Å². The molecule has 0 saturated heterocycles. The van der Waals surface area contributed by atoms with Gasteiger partial charge in [-0.15, -0.1) is 11.3 Å². The number of ether oxygens (including phenoxy) is 1. The van der Waals surface area contributed by atoms with Crippen LogP contribution in [0.15, 0.2) is 23.6 Å². The predicted octanol–water partition coefficient (Wildman–Crippen LogP) is 4.15. The third kappa shape index (κ3) is 4.31. The molecule has 0 bridgehead atoms. The molecule has 2 rings (SSSR count). The van der Waals surface area contributed by atoms with Gasteiger partial charge in [-0.25, -0.2) is 4.98 Å². The average Bonchev–Trinajstić information content (AvgIpc) is 2.94. The fourth-order valence-electron chi connectivity index (χ4n) is 2.06. The largest absolute Gasteiger partial charge is 0.495 e. The van der Waals surface area contributed by atoms with Gasteiger partial charge in [0.15, 0.2) is 0 Å². The summed E-state index contributed by atoms with van der Waals surface area (Å²) in [6.07, 6.45) is 1.08. The second-order valence-corrected chi connectivity index (χ2v) is 6.52. The summed E-state index contributed by atoms with van der Waals surface area (Å²) in [5.41, 5.74) is 2.90. The van der Waals surface area contributed by atoms with E-state index in [1.807, 2.05) is 25.1 Å². The second kappa shape index (κ2) is 7.40. The molecule has 2 aromatic rings. The Morgan fingerprint density at radius 3 is 2.82 bits per heavy atom. The molecule has 0 aliphatic carbocycles. The van der Waals surface area contributed by atoms with Gasteiger partial charge in [0.2, 0.25) is 5.91 Å². The van der Waals surface area contributed by atoms with Crippen LogP contribution < -0.4 is 10.1 Å². The van der Waals surface area contributed by atoms with Crippen molar-refractivity contribution in [2.75, 3.05) is 12.4 Å². The zero-order chi connectivity index (χ0) is 16.1. The van der Waals surface area contributed by atoms with Crippen LogP contribution in [0.1, 0.15) is 42.5 Å². The van der Waals surface area contributed by atoms with Crippen LogP contribution in [0.25, 0.3) is 0 Å². The van der Waals surface area contributed by atoms with Crippen molar-refractivity contribution in [3.05, 3.63) is 39.8 Å². The highest BCUT2D eigenvalue weighted by molar-refractivity contribution is 7.09. The van der Waals surface area contributed by atoms with Gasteiger partial charge in [0.1, 0.15) is 5.75 Å². The smallest absolute Gasteiger partial charge is 0.224 e. The van der Waals surface area contributed by atoms with Crippen LogP contribution in [0.3, 0.4) is 0 Å². The van der Waals surface area contributed by atoms with Crippen LogP contribution in [0.2, 0.25) is 0 Å². The minimum Gasteiger partial charge on any atom is -0.495 e. The van der Waals surface area contributed by atoms with Crippen LogP contribution in [0.5, 0.6) is 5.75 Å². The van der Waals surface area contributed by atoms with E-state index in [1.165, 1.54) is 0 Å². The molecule has 0 radical (unpaired) electrons. The average molecular weight is 318 g/mol. The van der Waals surface area contributed by atoms with E-state index in [-0.39, 0.29) is 5.91 Å². The molecule has 0 spiro atoms. The first-order chi connectivity index (χ1) is 10.5. The van der Waals surface area contributed by atoms with Gasteiger partial charge >= 0.3 is 0 Å². The van der Waals surface area contributed by atoms with Crippen molar-refractivity contribution in [3.8, 4) is 5.75 Å². The van der Waals surface area contributed by atoms with Crippen molar-refractivity contribution in [1.82, 2.24) is 4.98 Å². The molecular formula is C17H22N2O2S. The molecule has 0 unspecified atom stereocenters. The van der Waals surface area contributed by atoms with Crippen LogP contribution >= 0.6 is 11.3 Å². The maximum absolute atomic E-state index is 12.1. The Bertz CT molecular complexity index is 650. The van der Waals surface area contributed by atoms with E-state index in [4.69, 9.17) is 4.74 Å². The van der Waals surface area contributed by atoms with Gasteiger partial charge in [-0.1, -0.05) is 19.9 Å². The minimum absolute atomic E-state index is 0.0230. The number of anilines is 1. The highest BCUT2D eigenvalue weighted by Gasteiger charge is 2.10. The zero-order valence-corrected chi connectivity index (χ0v) is 14.3. The number of rotatable bonds is 6. The summed E-state index contributed by atoms with van der Waals surface area (Å²) < 4.78 is 5.27. The van der Waals surface area contributed by atoms with Crippen LogP contribution in [0, 0.1) is 6.92 Å². The summed E-state index contributed by atoms with van der Waals surface area (Å²) in [4.78, 5) is 16.7. The molecule has 1 N–H and O–H groups in total. The first-order valence-corrected chi connectivity index (χ1v) is 8.26. The molecule has 0 fully saturated rings. The van der Waals surface area contributed by atoms with Crippen LogP contribution in [-0.4, -0.2) is 18.0 Å². The van der Waals surface area contributed by atoms with Crippen molar-refractivity contribution >= 4 is 22.9 Å². The number of benzene rings is 1. The van der Waals surface area contributed by atoms with Crippen molar-refractivity contribution < 1.29 is 9.53 Å². The number of aryl methyl sites for hydroxylation is 2. The number of carbonyl (C=O) groups excluding carboxylic acids is 1. The molecule has 5 heteroatoms. The summed E-state index contributed by atoms with van der Waals surface area (Å²) in [7, 11) is 1.60. The molecule has 1 aromatic carbocycles. The molecule has 0 saturated carbocycles. The van der Waals surface area contributed by atoms with E-state index in [0.717, 1.165) is 22.0 Å². The third-order valence-electron chi connectivity index (χ3n) is 3.36. The van der Waals surface area contributed by atoms with E-state index in [9.17, 15) is 4.79 Å². The summed E-state index contributed by atoms with van der Waals surface area (Å²) >= 11 is 1.62. The number of hydrogen-bond donors (Lipinski definition) is 1. The fraction of sp³-hybridized carbons (Fsp3) is 0.412. The lowest BCUT2D eigenvalue weighted by Gasteiger charge is -2.10. The number of methoxy groups -OCH3 is 1. The first-order valence-electron chi connectivity index (χ1n) is 7.38. The molecule has 4 nitrogen and oxygen atoms in total. The van der Waals surface area contributed by atoms with Gasteiger partial charge in [0, 0.05) is 18.2 Å². The summed E-state index contributed by atoms with van der Waals surface area (Å²) in [6, 6.07) is 5.73. The van der Waals surface area contributed by atoms with Crippen molar-refractivity contribution in [2.24, 2.45) is 0 Å². The molecule has 0 atom stereocenters. The number of thiazole rings is 1. The lowest BCUT2D eigenvalue weighted by Crippen LogP contribution is -2.13. The Labute approximate surface area is 135 Å². The van der Waals surface area contributed by atoms with Crippen LogP contribution in [-0.2, 0) is 11.2 Å². The monoisotopic (exact) mass is 318 g/mol. The molecule has 1 aromatic heterocycles. The topological polar surface area (TPSA) is 51.2 Å². The molecule has 22 heavy (non-hydrogen) atoms. The molecule has 0 aliphatic heterocycles. The molecule has 1 amide bonds. The van der Waals surface area contributed by atoms with Gasteiger partial charge in [-0.2, -0.15) is 0 Å². The number of nitrogens with zero attached hydrogens (tertiary/aromatic N) is 1. The highest BCUT2D eigenvalue weighted by Crippen LogP contribution is 2.25. The Balaban J connectivity index is 1.94. The lowest BCUT2D eigenvalue weighted by atomic mass is 10.2. The number of aromatic nitrogens is 1. The van der Waals surface area contributed by atoms with Crippen molar-refractivity contribution in [3.63, 3.8) is 0 Å². The van der Waals surface area contributed by atoms with E-state index in [2.05, 4.69) is 29.5 Å². The lowest BCUT2D eigenvalue weighted by molar-refractivity contribution is -0.116. The third-order valence-corrected chi connectivity index (χ3v) is 4.28. The Kier molecular flexibility index (Phi) is 5.55. The summed E-state index contributed by atoms with van der Waals surface area (Å²) in [5.74, 6) is 1.08. The van der Waals surface area contributed by atoms with Crippen molar-refractivity contribution in [1.29, 1.82) is 0 Å². The zero-order valence-electron chi connectivity index (χ0n) is 13.5. The summed E-state index contributed by atoms with van der Waals surface area (Å²) in [5, 5.41) is 6.00. The number of nitrogens with one attached hydrogen (secondary N) is 1. The maximum atomic E-state index is 12.1. The van der Waals surface area contributed by atoms with Crippen molar-refractivity contribution in [2.45, 2.75) is 39.5 Å². The predicted molar refractivity (Wildman–Crippen MR) is 90.9 cm³/mol. The van der Waals surface area contributed by atoms with Gasteiger partial charge < -0.3 is 10.1 Å². The second-order valence-electron chi connectivity index (χ2n) is 5.57. The SMILES string of the molecule is COc1ccc(C)cc1NC(=O)CCc1nc(C(C)C)cs1. The fourth-order valence-corrected chi connectivity index (χ4v) is 3.02. The van der Waals surface area contributed by atoms with Crippen LogP contribution in [0.4, 0.5) is 5.69 Å². The molecule has 118 valence electrons. The molecule has 1 heterocycles. The maximum Gasteiger partial charge on any atom is 0.224 e. The first kappa shape index (κ1) is 16.5. The normalized spacial score (nSPS) is 10.8. The van der Waals surface area contributed by atoms with E-state index in [1.54, 1.807) is 18.4 Å². The van der Waals surface area contributed by atoms with Gasteiger partial charge in [-0.3, -0.25) is 4.79 Å². The standard InChI is InChI=1S/C17H22N2O2S/c1-11(2)14-10-22-17(19-14)8-7-16(20)18-13-9-12(3)5-6-15(13)21-4/h5-6,9-11H,7-8H2,1-4H3,(H,18,20). The van der Waals surface area contributed by atoms with E-state index in [0.29, 0.717) is 24.5 Å². The highest BCUT2D eigenvalue weighted by atomic mass is 32.1. The van der Waals surface area contributed by atoms with Gasteiger partial charge in [-0.05, 0) is 30.5 Å². The summed E-state index contributed by atoms with van der Waals surface area (Å²) in [6.45, 7) is 6.23. The Morgan fingerprint density at radius 1 is 1.41 bits per heavy atom. The Morgan fingerprint density at radius 2 is 2.18 bits per heavy atom. The van der Waals surface area contributed by atoms with E-state index >= 15 is 0 Å². The Hall–Kier alpha value is -1.88. The minimum atomic E-state index is -0.0230.